The minimum absolute atomic E-state index is 0.0735. The molecule has 1 aromatic rings. The van der Waals surface area contributed by atoms with Crippen molar-refractivity contribution in [2.45, 2.75) is 12.5 Å². The van der Waals surface area contributed by atoms with Gasteiger partial charge in [-0.3, -0.25) is 10.1 Å². The summed E-state index contributed by atoms with van der Waals surface area (Å²) in [7, 11) is 0. The zero-order valence-electron chi connectivity index (χ0n) is 7.23. The van der Waals surface area contributed by atoms with Gasteiger partial charge in [-0.15, -0.1) is 0 Å². The molecule has 4 nitrogen and oxygen atoms in total. The number of hydrogen-bond acceptors (Lipinski definition) is 3. The second-order valence-corrected chi connectivity index (χ2v) is 3.60. The van der Waals surface area contributed by atoms with Crippen LogP contribution in [-0.4, -0.2) is 16.5 Å². The van der Waals surface area contributed by atoms with Gasteiger partial charge in [0.15, 0.2) is 0 Å². The molecular weight excluding hydrogens is 276 g/mol. The highest BCUT2D eigenvalue weighted by Gasteiger charge is 2.22. The molecule has 1 atom stereocenters. The summed E-state index contributed by atoms with van der Waals surface area (Å²) >= 11 is 2.89. The first-order chi connectivity index (χ1) is 6.93. The van der Waals surface area contributed by atoms with Gasteiger partial charge in [0.25, 0.3) is 12.1 Å². The highest BCUT2D eigenvalue weighted by molar-refractivity contribution is 9.10. The summed E-state index contributed by atoms with van der Waals surface area (Å²) in [5.41, 5.74) is -0.303. The Balaban J connectivity index is 3.08. The van der Waals surface area contributed by atoms with Gasteiger partial charge in [0.05, 0.1) is 4.92 Å². The number of rotatable bonds is 3. The van der Waals surface area contributed by atoms with Gasteiger partial charge >= 0.3 is 0 Å². The van der Waals surface area contributed by atoms with Gasteiger partial charge in [-0.2, -0.15) is 0 Å². The largest absolute Gasteiger partial charge is 0.382 e. The lowest BCUT2D eigenvalue weighted by Crippen LogP contribution is -2.08. The molecule has 0 saturated carbocycles. The van der Waals surface area contributed by atoms with Gasteiger partial charge in [-0.05, 0) is 6.07 Å². The maximum atomic E-state index is 12.1. The van der Waals surface area contributed by atoms with Crippen molar-refractivity contribution in [2.24, 2.45) is 0 Å². The van der Waals surface area contributed by atoms with Crippen molar-refractivity contribution in [1.82, 2.24) is 0 Å². The lowest BCUT2D eigenvalue weighted by atomic mass is 10.1. The fourth-order valence-electron chi connectivity index (χ4n) is 1.01. The standard InChI is InChI=1S/C8H6BrF2NO3/c9-6-3-4(12(14)15)1-2-5(6)7(13)8(10)11/h1-3,7-8,13H. The number of nitro groups is 1. The van der Waals surface area contributed by atoms with E-state index in [-0.39, 0.29) is 15.7 Å². The Morgan fingerprint density at radius 3 is 2.47 bits per heavy atom. The third kappa shape index (κ3) is 2.69. The number of nitrogens with zero attached hydrogens (tertiary/aromatic N) is 1. The topological polar surface area (TPSA) is 63.4 Å². The maximum absolute atomic E-state index is 12.1. The molecule has 82 valence electrons. The summed E-state index contributed by atoms with van der Waals surface area (Å²) in [5, 5.41) is 19.4. The Hall–Kier alpha value is -1.08. The molecule has 0 fully saturated rings. The zero-order valence-corrected chi connectivity index (χ0v) is 8.82. The second kappa shape index (κ2) is 4.63. The van der Waals surface area contributed by atoms with Crippen LogP contribution in [0.25, 0.3) is 0 Å². The second-order valence-electron chi connectivity index (χ2n) is 2.74. The van der Waals surface area contributed by atoms with Crippen molar-refractivity contribution in [3.8, 4) is 0 Å². The lowest BCUT2D eigenvalue weighted by molar-refractivity contribution is -0.385. The molecule has 0 radical (unpaired) electrons. The molecule has 15 heavy (non-hydrogen) atoms. The first-order valence-electron chi connectivity index (χ1n) is 3.83. The van der Waals surface area contributed by atoms with Crippen molar-refractivity contribution >= 4 is 21.6 Å². The summed E-state index contributed by atoms with van der Waals surface area (Å²) in [5.74, 6) is 0. The van der Waals surface area contributed by atoms with E-state index in [0.717, 1.165) is 18.2 Å². The van der Waals surface area contributed by atoms with Crippen molar-refractivity contribution in [3.63, 3.8) is 0 Å². The third-order valence-electron chi connectivity index (χ3n) is 1.75. The van der Waals surface area contributed by atoms with Crippen LogP contribution in [0.1, 0.15) is 11.7 Å². The SMILES string of the molecule is O=[N+]([O-])c1ccc(C(O)C(F)F)c(Br)c1. The number of alkyl halides is 2. The van der Waals surface area contributed by atoms with E-state index >= 15 is 0 Å². The fraction of sp³-hybridized carbons (Fsp3) is 0.250. The zero-order chi connectivity index (χ0) is 11.6. The van der Waals surface area contributed by atoms with Crippen molar-refractivity contribution < 1.29 is 18.8 Å². The normalized spacial score (nSPS) is 12.9. The van der Waals surface area contributed by atoms with Gasteiger partial charge in [0.2, 0.25) is 0 Å². The number of benzene rings is 1. The highest BCUT2D eigenvalue weighted by atomic mass is 79.9. The molecule has 0 heterocycles. The van der Waals surface area contributed by atoms with Gasteiger partial charge in [-0.1, -0.05) is 15.9 Å². The van der Waals surface area contributed by atoms with Crippen LogP contribution in [0.15, 0.2) is 22.7 Å². The Labute approximate surface area is 91.8 Å². The van der Waals surface area contributed by atoms with Gasteiger partial charge in [-0.25, -0.2) is 8.78 Å². The van der Waals surface area contributed by atoms with Crippen LogP contribution >= 0.6 is 15.9 Å². The summed E-state index contributed by atoms with van der Waals surface area (Å²) in [6.45, 7) is 0. The number of aliphatic hydroxyl groups excluding tert-OH is 1. The van der Waals surface area contributed by atoms with E-state index in [0.29, 0.717) is 0 Å². The van der Waals surface area contributed by atoms with E-state index in [2.05, 4.69) is 15.9 Å². The number of nitro benzene ring substituents is 1. The molecule has 0 bridgehead atoms. The van der Waals surface area contributed by atoms with Crippen LogP contribution in [0.3, 0.4) is 0 Å². The van der Waals surface area contributed by atoms with Crippen LogP contribution in [0.5, 0.6) is 0 Å². The van der Waals surface area contributed by atoms with E-state index < -0.39 is 17.5 Å². The van der Waals surface area contributed by atoms with Crippen molar-refractivity contribution in [1.29, 1.82) is 0 Å². The third-order valence-corrected chi connectivity index (χ3v) is 2.44. The van der Waals surface area contributed by atoms with E-state index in [4.69, 9.17) is 5.11 Å². The first-order valence-corrected chi connectivity index (χ1v) is 4.63. The summed E-state index contributed by atoms with van der Waals surface area (Å²) in [6.07, 6.45) is -4.87. The van der Waals surface area contributed by atoms with E-state index in [1.807, 2.05) is 0 Å². The first kappa shape index (κ1) is 12.0. The highest BCUT2D eigenvalue weighted by Crippen LogP contribution is 2.30. The summed E-state index contributed by atoms with van der Waals surface area (Å²) in [6, 6.07) is 3.23. The Morgan fingerprint density at radius 1 is 1.47 bits per heavy atom. The molecule has 0 aromatic heterocycles. The van der Waals surface area contributed by atoms with Crippen LogP contribution in [0, 0.1) is 10.1 Å². The maximum Gasteiger partial charge on any atom is 0.270 e. The molecule has 1 rings (SSSR count). The summed E-state index contributed by atoms with van der Waals surface area (Å²) < 4.78 is 24.4. The number of non-ortho nitro benzene ring substituents is 1. The molecule has 1 aromatic carbocycles. The average Bonchev–Trinajstić information content (AvgIpc) is 2.16. The van der Waals surface area contributed by atoms with Crippen LogP contribution in [-0.2, 0) is 0 Å². The quantitative estimate of drug-likeness (QED) is 0.684. The van der Waals surface area contributed by atoms with Crippen molar-refractivity contribution in [2.75, 3.05) is 0 Å². The molecule has 0 aliphatic heterocycles. The molecule has 0 spiro atoms. The molecule has 1 N–H and O–H groups in total. The average molecular weight is 282 g/mol. The van der Waals surface area contributed by atoms with Gasteiger partial charge in [0.1, 0.15) is 6.10 Å². The Kier molecular flexibility index (Phi) is 3.70. The monoisotopic (exact) mass is 281 g/mol. The molecule has 1 unspecified atom stereocenters. The molecule has 7 heteroatoms. The minimum Gasteiger partial charge on any atom is -0.382 e. The predicted molar refractivity (Wildman–Crippen MR) is 51.8 cm³/mol. The van der Waals surface area contributed by atoms with Gasteiger partial charge < -0.3 is 5.11 Å². The lowest BCUT2D eigenvalue weighted by Gasteiger charge is -2.11. The smallest absolute Gasteiger partial charge is 0.270 e. The van der Waals surface area contributed by atoms with Crippen LogP contribution < -0.4 is 0 Å². The van der Waals surface area contributed by atoms with E-state index in [1.165, 1.54) is 0 Å². The Morgan fingerprint density at radius 2 is 2.07 bits per heavy atom. The molecule has 0 amide bonds. The van der Waals surface area contributed by atoms with E-state index in [9.17, 15) is 18.9 Å². The minimum atomic E-state index is -2.93. The van der Waals surface area contributed by atoms with E-state index in [1.54, 1.807) is 0 Å². The number of aliphatic hydroxyl groups is 1. The van der Waals surface area contributed by atoms with Crippen LogP contribution in [0.4, 0.5) is 14.5 Å². The Bertz CT molecular complexity index is 386. The molecule has 0 saturated heterocycles. The number of halogens is 3. The fourth-order valence-corrected chi connectivity index (χ4v) is 1.61. The van der Waals surface area contributed by atoms with Crippen molar-refractivity contribution in [3.05, 3.63) is 38.3 Å². The molecular formula is C8H6BrF2NO3. The van der Waals surface area contributed by atoms with Crippen LogP contribution in [0.2, 0.25) is 0 Å². The van der Waals surface area contributed by atoms with Gasteiger partial charge in [0, 0.05) is 22.2 Å². The molecule has 0 aliphatic rings. The number of hydrogen-bond donors (Lipinski definition) is 1. The predicted octanol–water partition coefficient (Wildman–Crippen LogP) is 2.66. The molecule has 0 aliphatic carbocycles. The summed E-state index contributed by atoms with van der Waals surface area (Å²) in [4.78, 5) is 9.69.